The van der Waals surface area contributed by atoms with Gasteiger partial charge in [-0.1, -0.05) is 17.7 Å². The predicted octanol–water partition coefficient (Wildman–Crippen LogP) is 2.99. The molecule has 2 aromatic carbocycles. The minimum absolute atomic E-state index is 0.00160. The van der Waals surface area contributed by atoms with Gasteiger partial charge in [-0.3, -0.25) is 4.79 Å². The van der Waals surface area contributed by atoms with Crippen molar-refractivity contribution in [2.45, 2.75) is 32.5 Å². The van der Waals surface area contributed by atoms with Crippen LogP contribution < -0.4 is 4.74 Å². The molecule has 2 atom stereocenters. The topological polar surface area (TPSA) is 107 Å². The maximum Gasteiger partial charge on any atom is 0.202 e. The molecule has 6 heteroatoms. The fraction of sp³-hybridized carbons (Fsp3) is 0.250. The van der Waals surface area contributed by atoms with E-state index in [0.29, 0.717) is 17.5 Å². The number of benzene rings is 2. The summed E-state index contributed by atoms with van der Waals surface area (Å²) in [5.41, 5.74) is 2.08. The molecular weight excluding hydrogens is 336 g/mol. The van der Waals surface area contributed by atoms with E-state index < -0.39 is 23.7 Å². The van der Waals surface area contributed by atoms with Crippen LogP contribution in [-0.2, 0) is 6.42 Å². The van der Waals surface area contributed by atoms with Crippen LogP contribution in [0.5, 0.6) is 23.0 Å². The Kier molecular flexibility index (Phi) is 4.61. The second-order valence-electron chi connectivity index (χ2n) is 6.56. The van der Waals surface area contributed by atoms with E-state index in [4.69, 9.17) is 4.74 Å². The summed E-state index contributed by atoms with van der Waals surface area (Å²) in [5, 5.41) is 39.9. The highest BCUT2D eigenvalue weighted by Crippen LogP contribution is 2.42. The average Bonchev–Trinajstić information content (AvgIpc) is 2.56. The molecule has 0 radical (unpaired) electrons. The molecule has 0 aromatic heterocycles. The summed E-state index contributed by atoms with van der Waals surface area (Å²) >= 11 is 0. The average molecular weight is 356 g/mol. The van der Waals surface area contributed by atoms with Crippen molar-refractivity contribution < 1.29 is 30.0 Å². The van der Waals surface area contributed by atoms with Crippen LogP contribution in [0.25, 0.3) is 0 Å². The number of allylic oxidation sites excluding steroid dienone is 2. The Morgan fingerprint density at radius 1 is 1.12 bits per heavy atom. The monoisotopic (exact) mass is 356 g/mol. The fourth-order valence-electron chi connectivity index (χ4n) is 2.92. The number of carbonyl (C=O) groups is 1. The number of hydrogen-bond donors (Lipinski definition) is 4. The van der Waals surface area contributed by atoms with Crippen LogP contribution in [0.4, 0.5) is 0 Å². The van der Waals surface area contributed by atoms with Crippen molar-refractivity contribution in [1.82, 2.24) is 0 Å². The van der Waals surface area contributed by atoms with Gasteiger partial charge in [0.25, 0.3) is 0 Å². The minimum atomic E-state index is -1.52. The van der Waals surface area contributed by atoms with E-state index in [1.165, 1.54) is 12.1 Å². The van der Waals surface area contributed by atoms with E-state index in [2.05, 4.69) is 0 Å². The summed E-state index contributed by atoms with van der Waals surface area (Å²) < 4.78 is 5.69. The third-order valence-corrected chi connectivity index (χ3v) is 4.28. The Bertz CT molecular complexity index is 895. The standard InChI is InChI=1S/C20H20O6/c1-10(2)3-4-11-7-12(5-6-14(11)22)20-19(25)18(24)17-15(23)8-13(21)9-16(17)26-20/h3,5-9,19-23,25H,4H2,1-2H3. The van der Waals surface area contributed by atoms with E-state index in [0.717, 1.165) is 11.6 Å². The number of fused-ring (bicyclic) bond motifs is 1. The van der Waals surface area contributed by atoms with Crippen LogP contribution in [0.1, 0.15) is 41.4 Å². The number of phenolic OH excluding ortho intramolecular Hbond substituents is 3. The van der Waals surface area contributed by atoms with Crippen molar-refractivity contribution in [1.29, 1.82) is 0 Å². The largest absolute Gasteiger partial charge is 0.508 e. The lowest BCUT2D eigenvalue weighted by molar-refractivity contribution is 0.0210. The molecule has 1 heterocycles. The second-order valence-corrected chi connectivity index (χ2v) is 6.56. The summed E-state index contributed by atoms with van der Waals surface area (Å²) in [6, 6.07) is 6.96. The van der Waals surface area contributed by atoms with E-state index >= 15 is 0 Å². The molecule has 1 aliphatic rings. The molecule has 0 amide bonds. The minimum Gasteiger partial charge on any atom is -0.508 e. The highest BCUT2D eigenvalue weighted by atomic mass is 16.5. The number of ether oxygens (including phenoxy) is 1. The zero-order valence-corrected chi connectivity index (χ0v) is 14.4. The van der Waals surface area contributed by atoms with Crippen LogP contribution in [0.15, 0.2) is 42.0 Å². The van der Waals surface area contributed by atoms with Gasteiger partial charge in [-0.05, 0) is 43.5 Å². The van der Waals surface area contributed by atoms with Gasteiger partial charge in [0, 0.05) is 12.1 Å². The molecule has 3 rings (SSSR count). The van der Waals surface area contributed by atoms with Gasteiger partial charge in [-0.15, -0.1) is 0 Å². The molecule has 0 fully saturated rings. The predicted molar refractivity (Wildman–Crippen MR) is 94.7 cm³/mol. The molecule has 0 bridgehead atoms. The molecule has 0 saturated carbocycles. The van der Waals surface area contributed by atoms with E-state index in [1.807, 2.05) is 19.9 Å². The Hall–Kier alpha value is -2.99. The highest BCUT2D eigenvalue weighted by Gasteiger charge is 2.39. The fourth-order valence-corrected chi connectivity index (χ4v) is 2.92. The Labute approximate surface area is 150 Å². The van der Waals surface area contributed by atoms with E-state index in [1.54, 1.807) is 12.1 Å². The lowest BCUT2D eigenvalue weighted by atomic mass is 9.91. The first-order valence-corrected chi connectivity index (χ1v) is 8.18. The van der Waals surface area contributed by atoms with Crippen molar-refractivity contribution >= 4 is 5.78 Å². The normalized spacial score (nSPS) is 18.8. The van der Waals surface area contributed by atoms with Crippen molar-refractivity contribution in [3.05, 3.63) is 58.7 Å². The number of aliphatic hydroxyl groups excluding tert-OH is 1. The van der Waals surface area contributed by atoms with Crippen LogP contribution in [-0.4, -0.2) is 32.3 Å². The van der Waals surface area contributed by atoms with Gasteiger partial charge >= 0.3 is 0 Å². The quantitative estimate of drug-likeness (QED) is 0.630. The first kappa shape index (κ1) is 17.8. The summed E-state index contributed by atoms with van der Waals surface area (Å²) in [6.07, 6.45) is -0.0780. The maximum absolute atomic E-state index is 12.5. The lowest BCUT2D eigenvalue weighted by Crippen LogP contribution is -2.36. The molecule has 2 aromatic rings. The van der Waals surface area contributed by atoms with Gasteiger partial charge in [0.05, 0.1) is 0 Å². The number of rotatable bonds is 3. The van der Waals surface area contributed by atoms with Crippen LogP contribution in [0.3, 0.4) is 0 Å². The van der Waals surface area contributed by atoms with Crippen LogP contribution >= 0.6 is 0 Å². The van der Waals surface area contributed by atoms with Gasteiger partial charge in [-0.25, -0.2) is 0 Å². The first-order valence-electron chi connectivity index (χ1n) is 8.18. The van der Waals surface area contributed by atoms with Gasteiger partial charge < -0.3 is 25.2 Å². The smallest absolute Gasteiger partial charge is 0.202 e. The Balaban J connectivity index is 2.01. The van der Waals surface area contributed by atoms with Gasteiger partial charge in [0.1, 0.15) is 28.6 Å². The van der Waals surface area contributed by atoms with Crippen molar-refractivity contribution in [3.8, 4) is 23.0 Å². The van der Waals surface area contributed by atoms with Gasteiger partial charge in [0.15, 0.2) is 12.2 Å². The summed E-state index contributed by atoms with van der Waals surface area (Å²) in [5.74, 6) is -1.27. The van der Waals surface area contributed by atoms with Crippen molar-refractivity contribution in [3.63, 3.8) is 0 Å². The number of Topliss-reactive ketones (excluding diaryl/α,β-unsaturated/α-hetero) is 1. The molecule has 136 valence electrons. The zero-order chi connectivity index (χ0) is 19.0. The Morgan fingerprint density at radius 2 is 1.85 bits per heavy atom. The second kappa shape index (κ2) is 6.72. The molecule has 1 aliphatic heterocycles. The molecule has 0 spiro atoms. The third kappa shape index (κ3) is 3.23. The summed E-state index contributed by atoms with van der Waals surface area (Å²) in [4.78, 5) is 12.5. The number of aliphatic hydroxyl groups is 1. The number of carbonyl (C=O) groups excluding carboxylic acids is 1. The van der Waals surface area contributed by atoms with Gasteiger partial charge in [-0.2, -0.15) is 0 Å². The molecule has 2 unspecified atom stereocenters. The van der Waals surface area contributed by atoms with Gasteiger partial charge in [0.2, 0.25) is 5.78 Å². The van der Waals surface area contributed by atoms with E-state index in [9.17, 15) is 25.2 Å². The number of ketones is 1. The molecule has 26 heavy (non-hydrogen) atoms. The lowest BCUT2D eigenvalue weighted by Gasteiger charge is -2.30. The SMILES string of the molecule is CC(C)=CCc1cc(C2Oc3cc(O)cc(O)c3C(=O)C2O)ccc1O. The van der Waals surface area contributed by atoms with Crippen LogP contribution in [0, 0.1) is 0 Å². The zero-order valence-electron chi connectivity index (χ0n) is 14.4. The molecule has 4 N–H and O–H groups in total. The van der Waals surface area contributed by atoms with Crippen molar-refractivity contribution in [2.24, 2.45) is 0 Å². The highest BCUT2D eigenvalue weighted by molar-refractivity contribution is 6.05. The summed E-state index contributed by atoms with van der Waals surface area (Å²) in [7, 11) is 0. The number of hydrogen-bond acceptors (Lipinski definition) is 6. The van der Waals surface area contributed by atoms with Crippen LogP contribution in [0.2, 0.25) is 0 Å². The Morgan fingerprint density at radius 3 is 2.54 bits per heavy atom. The number of phenols is 3. The first-order chi connectivity index (χ1) is 12.3. The third-order valence-electron chi connectivity index (χ3n) is 4.28. The van der Waals surface area contributed by atoms with Crippen molar-refractivity contribution in [2.75, 3.05) is 0 Å². The number of aromatic hydroxyl groups is 3. The molecule has 0 saturated heterocycles. The molecule has 0 aliphatic carbocycles. The summed E-state index contributed by atoms with van der Waals surface area (Å²) in [6.45, 7) is 3.90. The van der Waals surface area contributed by atoms with E-state index in [-0.39, 0.29) is 22.8 Å². The maximum atomic E-state index is 12.5. The molecular formula is C20H20O6. The molecule has 6 nitrogen and oxygen atoms in total.